The first-order chi connectivity index (χ1) is 14.8. The zero-order valence-corrected chi connectivity index (χ0v) is 18.5. The molecule has 2 fully saturated rings. The van der Waals surface area contributed by atoms with Crippen molar-refractivity contribution in [2.75, 3.05) is 25.0 Å². The zero-order chi connectivity index (χ0) is 22.1. The molecule has 1 aliphatic heterocycles. The van der Waals surface area contributed by atoms with E-state index < -0.39 is 15.4 Å². The van der Waals surface area contributed by atoms with E-state index in [1.165, 1.54) is 12.1 Å². The van der Waals surface area contributed by atoms with Crippen molar-refractivity contribution < 1.29 is 18.0 Å². The number of halogens is 1. The van der Waals surface area contributed by atoms with Gasteiger partial charge in [-0.2, -0.15) is 4.31 Å². The minimum absolute atomic E-state index is 0.0481. The lowest BCUT2D eigenvalue weighted by Crippen LogP contribution is -2.49. The van der Waals surface area contributed by atoms with E-state index in [-0.39, 0.29) is 36.3 Å². The molecule has 9 heteroatoms. The Hall–Kier alpha value is -2.42. The average Bonchev–Trinajstić information content (AvgIpc) is 3.26. The van der Waals surface area contributed by atoms with E-state index in [9.17, 15) is 18.0 Å². The smallest absolute Gasteiger partial charge is 0.243 e. The molecule has 7 nitrogen and oxygen atoms in total. The lowest BCUT2D eigenvalue weighted by Gasteiger charge is -2.29. The van der Waals surface area contributed by atoms with Crippen LogP contribution in [0.2, 0.25) is 5.02 Å². The minimum Gasteiger partial charge on any atom is -0.354 e. The Balaban J connectivity index is 1.59. The van der Waals surface area contributed by atoms with Crippen LogP contribution in [-0.4, -0.2) is 44.2 Å². The second kappa shape index (κ2) is 8.61. The number of anilines is 1. The molecule has 31 heavy (non-hydrogen) atoms. The van der Waals surface area contributed by atoms with E-state index in [1.54, 1.807) is 24.3 Å². The largest absolute Gasteiger partial charge is 0.354 e. The Morgan fingerprint density at radius 1 is 1.10 bits per heavy atom. The van der Waals surface area contributed by atoms with Gasteiger partial charge in [0.25, 0.3) is 0 Å². The highest BCUT2D eigenvalue weighted by Gasteiger charge is 2.42. The lowest BCUT2D eigenvalue weighted by atomic mass is 9.78. The number of nitrogens with one attached hydrogen (secondary N) is 2. The van der Waals surface area contributed by atoms with Crippen molar-refractivity contribution in [2.45, 2.75) is 36.0 Å². The summed E-state index contributed by atoms with van der Waals surface area (Å²) in [5, 5.41) is 6.16. The van der Waals surface area contributed by atoms with E-state index in [0.717, 1.165) is 35.6 Å². The van der Waals surface area contributed by atoms with Gasteiger partial charge in [-0.05, 0) is 48.7 Å². The third-order valence-corrected chi connectivity index (χ3v) is 8.11. The van der Waals surface area contributed by atoms with Crippen LogP contribution in [0.3, 0.4) is 0 Å². The second-order valence-electron chi connectivity index (χ2n) is 7.97. The fraction of sp³-hybridized carbons (Fsp3) is 0.364. The van der Waals surface area contributed by atoms with Gasteiger partial charge in [-0.3, -0.25) is 9.59 Å². The zero-order valence-electron chi connectivity index (χ0n) is 16.9. The number of rotatable bonds is 5. The highest BCUT2D eigenvalue weighted by molar-refractivity contribution is 7.89. The number of nitrogens with zero attached hydrogens (tertiary/aromatic N) is 1. The van der Waals surface area contributed by atoms with Gasteiger partial charge in [0.15, 0.2) is 0 Å². The third kappa shape index (κ3) is 4.33. The minimum atomic E-state index is -3.84. The van der Waals surface area contributed by atoms with E-state index in [0.29, 0.717) is 10.7 Å². The van der Waals surface area contributed by atoms with Gasteiger partial charge in [0.05, 0.1) is 16.9 Å². The van der Waals surface area contributed by atoms with Gasteiger partial charge in [0.2, 0.25) is 21.8 Å². The Morgan fingerprint density at radius 3 is 2.48 bits per heavy atom. The predicted octanol–water partition coefficient (Wildman–Crippen LogP) is 2.91. The summed E-state index contributed by atoms with van der Waals surface area (Å²) in [7, 11) is -3.84. The highest BCUT2D eigenvalue weighted by atomic mass is 35.5. The standard InChI is InChI=1S/C22H24ClN3O4S/c23-17-8-6-16(7-9-17)22(10-1-2-11-22)21(28)25-18-4-3-5-19(14-18)31(29,30)26-13-12-24-20(27)15-26/h3-9,14H,1-2,10-13,15H2,(H,24,27)(H,25,28). The summed E-state index contributed by atoms with van der Waals surface area (Å²) in [5.74, 6) is -0.482. The topological polar surface area (TPSA) is 95.6 Å². The molecule has 1 heterocycles. The first-order valence-corrected chi connectivity index (χ1v) is 12.1. The highest BCUT2D eigenvalue weighted by Crippen LogP contribution is 2.42. The fourth-order valence-corrected chi connectivity index (χ4v) is 5.92. The number of sulfonamides is 1. The molecular formula is C22H24ClN3O4S. The van der Waals surface area contributed by atoms with Crippen LogP contribution in [0.15, 0.2) is 53.4 Å². The van der Waals surface area contributed by atoms with Crippen LogP contribution in [0, 0.1) is 0 Å². The molecule has 2 aromatic carbocycles. The van der Waals surface area contributed by atoms with Crippen LogP contribution in [0.4, 0.5) is 5.69 Å². The monoisotopic (exact) mass is 461 g/mol. The van der Waals surface area contributed by atoms with Crippen LogP contribution >= 0.6 is 11.6 Å². The predicted molar refractivity (Wildman–Crippen MR) is 118 cm³/mol. The number of hydrogen-bond acceptors (Lipinski definition) is 4. The molecule has 0 bridgehead atoms. The molecule has 0 radical (unpaired) electrons. The quantitative estimate of drug-likeness (QED) is 0.715. The first kappa shape index (κ1) is 21.8. The molecule has 1 saturated heterocycles. The molecule has 2 amide bonds. The first-order valence-electron chi connectivity index (χ1n) is 10.3. The van der Waals surface area contributed by atoms with Crippen molar-refractivity contribution in [1.82, 2.24) is 9.62 Å². The maximum atomic E-state index is 13.4. The van der Waals surface area contributed by atoms with E-state index in [2.05, 4.69) is 10.6 Å². The maximum Gasteiger partial charge on any atom is 0.243 e. The molecule has 2 aliphatic rings. The molecule has 0 aromatic heterocycles. The Morgan fingerprint density at radius 2 is 1.81 bits per heavy atom. The van der Waals surface area contributed by atoms with Gasteiger partial charge in [-0.25, -0.2) is 8.42 Å². The number of carbonyl (C=O) groups is 2. The fourth-order valence-electron chi connectivity index (χ4n) is 4.35. The van der Waals surface area contributed by atoms with Crippen LogP contribution < -0.4 is 10.6 Å². The molecule has 0 spiro atoms. The number of carbonyl (C=O) groups excluding carboxylic acids is 2. The van der Waals surface area contributed by atoms with Gasteiger partial charge in [0.1, 0.15) is 0 Å². The molecule has 0 unspecified atom stereocenters. The van der Waals surface area contributed by atoms with Crippen molar-refractivity contribution in [3.63, 3.8) is 0 Å². The van der Waals surface area contributed by atoms with Crippen molar-refractivity contribution >= 4 is 39.1 Å². The Kier molecular flexibility index (Phi) is 6.05. The number of hydrogen-bond donors (Lipinski definition) is 2. The van der Waals surface area contributed by atoms with Gasteiger partial charge in [-0.1, -0.05) is 42.6 Å². The van der Waals surface area contributed by atoms with Crippen molar-refractivity contribution in [3.05, 3.63) is 59.1 Å². The van der Waals surface area contributed by atoms with E-state index in [1.807, 2.05) is 12.1 Å². The van der Waals surface area contributed by atoms with Gasteiger partial charge >= 0.3 is 0 Å². The Bertz CT molecular complexity index is 1100. The number of piperazine rings is 1. The molecule has 2 aromatic rings. The summed E-state index contributed by atoms with van der Waals surface area (Å²) in [5.41, 5.74) is 0.660. The molecule has 1 aliphatic carbocycles. The number of benzene rings is 2. The van der Waals surface area contributed by atoms with Crippen LogP contribution in [0.25, 0.3) is 0 Å². The molecule has 164 valence electrons. The average molecular weight is 462 g/mol. The third-order valence-electron chi connectivity index (χ3n) is 6.02. The number of amides is 2. The Labute approximate surface area is 186 Å². The molecule has 4 rings (SSSR count). The summed E-state index contributed by atoms with van der Waals surface area (Å²) < 4.78 is 27.1. The summed E-state index contributed by atoms with van der Waals surface area (Å²) in [6, 6.07) is 13.5. The summed E-state index contributed by atoms with van der Waals surface area (Å²) in [6.45, 7) is 0.279. The summed E-state index contributed by atoms with van der Waals surface area (Å²) in [6.07, 6.45) is 3.34. The SMILES string of the molecule is O=C1CN(S(=O)(=O)c2cccc(NC(=O)C3(c4ccc(Cl)cc4)CCCC3)c2)CCN1. The van der Waals surface area contributed by atoms with Gasteiger partial charge < -0.3 is 10.6 Å². The van der Waals surface area contributed by atoms with Crippen molar-refractivity contribution in [3.8, 4) is 0 Å². The van der Waals surface area contributed by atoms with Crippen molar-refractivity contribution in [2.24, 2.45) is 0 Å². The molecule has 0 atom stereocenters. The molecular weight excluding hydrogens is 438 g/mol. The maximum absolute atomic E-state index is 13.4. The van der Waals surface area contributed by atoms with Crippen molar-refractivity contribution in [1.29, 1.82) is 0 Å². The summed E-state index contributed by atoms with van der Waals surface area (Å²) >= 11 is 6.02. The molecule has 2 N–H and O–H groups in total. The second-order valence-corrected chi connectivity index (χ2v) is 10.3. The van der Waals surface area contributed by atoms with E-state index >= 15 is 0 Å². The van der Waals surface area contributed by atoms with Crippen LogP contribution in [-0.2, 0) is 25.0 Å². The van der Waals surface area contributed by atoms with Crippen LogP contribution in [0.5, 0.6) is 0 Å². The summed E-state index contributed by atoms with van der Waals surface area (Å²) in [4.78, 5) is 25.0. The normalized spacial score (nSPS) is 19.1. The lowest BCUT2D eigenvalue weighted by molar-refractivity contribution is -0.123. The van der Waals surface area contributed by atoms with Gasteiger partial charge in [-0.15, -0.1) is 0 Å². The van der Waals surface area contributed by atoms with Gasteiger partial charge in [0, 0.05) is 23.8 Å². The van der Waals surface area contributed by atoms with Crippen LogP contribution in [0.1, 0.15) is 31.2 Å². The van der Waals surface area contributed by atoms with E-state index in [4.69, 9.17) is 11.6 Å². The molecule has 1 saturated carbocycles.